The zero-order chi connectivity index (χ0) is 19.6. The van der Waals surface area contributed by atoms with Crippen molar-refractivity contribution in [2.75, 3.05) is 0 Å². The summed E-state index contributed by atoms with van der Waals surface area (Å²) in [4.78, 5) is 26.5. The molecule has 0 aromatic heterocycles. The number of rotatable bonds is 6. The Labute approximate surface area is 154 Å². The summed E-state index contributed by atoms with van der Waals surface area (Å²) in [7, 11) is -1.92. The normalized spacial score (nSPS) is 22.0. The fourth-order valence-corrected chi connectivity index (χ4v) is 6.08. The highest BCUT2D eigenvalue weighted by Crippen LogP contribution is 2.37. The average Bonchev–Trinajstić information content (AvgIpc) is 2.45. The molecule has 0 unspecified atom stereocenters. The molecule has 0 saturated carbocycles. The molecule has 0 aromatic carbocycles. The summed E-state index contributed by atoms with van der Waals surface area (Å²) < 4.78 is 11.9. The number of amides is 2. The third-order valence-electron chi connectivity index (χ3n) is 4.88. The molecule has 0 radical (unpaired) electrons. The second-order valence-electron chi connectivity index (χ2n) is 9.30. The van der Waals surface area contributed by atoms with Gasteiger partial charge in [0.15, 0.2) is 8.32 Å². The molecule has 0 aliphatic carbocycles. The van der Waals surface area contributed by atoms with E-state index >= 15 is 0 Å². The van der Waals surface area contributed by atoms with Gasteiger partial charge in [-0.25, -0.2) is 9.69 Å². The van der Waals surface area contributed by atoms with Crippen molar-refractivity contribution < 1.29 is 18.8 Å². The van der Waals surface area contributed by atoms with Gasteiger partial charge in [0, 0.05) is 0 Å². The standard InChI is InChI=1S/C19H37NO4Si/c1-10-25(11-2,12-3)24-15-14(13-18(4,5)6)20(16(15)21)17(22)23-19(7,8)9/h14-15H,10-13H2,1-9H3/t14-,15+/m0/s1. The van der Waals surface area contributed by atoms with Crippen LogP contribution in [0.15, 0.2) is 0 Å². The molecule has 6 heteroatoms. The Hall–Kier alpha value is -0.883. The van der Waals surface area contributed by atoms with Gasteiger partial charge in [-0.1, -0.05) is 41.5 Å². The van der Waals surface area contributed by atoms with Gasteiger partial charge >= 0.3 is 6.09 Å². The predicted molar refractivity (Wildman–Crippen MR) is 103 cm³/mol. The van der Waals surface area contributed by atoms with E-state index in [1.807, 2.05) is 20.8 Å². The lowest BCUT2D eigenvalue weighted by Gasteiger charge is -2.50. The molecule has 0 aromatic rings. The molecule has 2 amide bonds. The van der Waals surface area contributed by atoms with Gasteiger partial charge in [-0.15, -0.1) is 0 Å². The first kappa shape index (κ1) is 22.2. The van der Waals surface area contributed by atoms with Crippen LogP contribution in [-0.4, -0.2) is 43.0 Å². The van der Waals surface area contributed by atoms with E-state index in [1.54, 1.807) is 0 Å². The number of ether oxygens (including phenoxy) is 1. The summed E-state index contributed by atoms with van der Waals surface area (Å²) in [5.41, 5.74) is -0.632. The molecule has 1 aliphatic heterocycles. The lowest BCUT2D eigenvalue weighted by Crippen LogP contribution is -2.70. The third-order valence-corrected chi connectivity index (χ3v) is 9.50. The predicted octanol–water partition coefficient (Wildman–Crippen LogP) is 4.96. The van der Waals surface area contributed by atoms with Crippen molar-refractivity contribution in [2.24, 2.45) is 5.41 Å². The van der Waals surface area contributed by atoms with Crippen LogP contribution in [0, 0.1) is 5.41 Å². The molecule has 1 fully saturated rings. The number of β-lactam (4-membered cyclic amide) rings is 1. The fourth-order valence-electron chi connectivity index (χ4n) is 3.28. The first-order valence-corrected chi connectivity index (χ1v) is 12.1. The van der Waals surface area contributed by atoms with E-state index < -0.39 is 26.1 Å². The Bertz CT molecular complexity index is 480. The van der Waals surface area contributed by atoms with Crippen molar-refractivity contribution in [3.05, 3.63) is 0 Å². The zero-order valence-electron chi connectivity index (χ0n) is 17.6. The van der Waals surface area contributed by atoms with E-state index in [0.29, 0.717) is 6.42 Å². The van der Waals surface area contributed by atoms with Crippen LogP contribution in [0.5, 0.6) is 0 Å². The third kappa shape index (κ3) is 5.54. The van der Waals surface area contributed by atoms with Gasteiger partial charge in [-0.05, 0) is 50.7 Å². The van der Waals surface area contributed by atoms with Gasteiger partial charge in [0.25, 0.3) is 5.91 Å². The molecule has 1 heterocycles. The van der Waals surface area contributed by atoms with Gasteiger partial charge < -0.3 is 9.16 Å². The van der Waals surface area contributed by atoms with E-state index in [9.17, 15) is 9.59 Å². The van der Waals surface area contributed by atoms with Gasteiger partial charge in [-0.3, -0.25) is 4.79 Å². The van der Waals surface area contributed by atoms with Crippen LogP contribution < -0.4 is 0 Å². The quantitative estimate of drug-likeness (QED) is 0.489. The topological polar surface area (TPSA) is 55.8 Å². The van der Waals surface area contributed by atoms with Crippen LogP contribution in [-0.2, 0) is 14.0 Å². The summed E-state index contributed by atoms with van der Waals surface area (Å²) in [5, 5.41) is 0. The number of likely N-dealkylation sites (tertiary alicyclic amines) is 1. The van der Waals surface area contributed by atoms with Crippen molar-refractivity contribution >= 4 is 20.3 Å². The van der Waals surface area contributed by atoms with Gasteiger partial charge in [0.2, 0.25) is 0 Å². The lowest BCUT2D eigenvalue weighted by molar-refractivity contribution is -0.163. The largest absolute Gasteiger partial charge is 0.443 e. The molecule has 1 saturated heterocycles. The Kier molecular flexibility index (Phi) is 6.90. The minimum atomic E-state index is -1.92. The summed E-state index contributed by atoms with van der Waals surface area (Å²) in [6, 6.07) is 2.72. The molecule has 0 spiro atoms. The first-order chi connectivity index (χ1) is 11.3. The lowest BCUT2D eigenvalue weighted by atomic mass is 9.81. The van der Waals surface area contributed by atoms with E-state index in [4.69, 9.17) is 9.16 Å². The Morgan fingerprint density at radius 3 is 1.88 bits per heavy atom. The molecule has 0 bridgehead atoms. The molecule has 0 N–H and O–H groups in total. The van der Waals surface area contributed by atoms with Crippen LogP contribution in [0.2, 0.25) is 18.1 Å². The van der Waals surface area contributed by atoms with E-state index in [2.05, 4.69) is 41.5 Å². The zero-order valence-corrected chi connectivity index (χ0v) is 18.6. The van der Waals surface area contributed by atoms with E-state index in [-0.39, 0.29) is 17.4 Å². The first-order valence-electron chi connectivity index (χ1n) is 9.53. The molecule has 2 atom stereocenters. The van der Waals surface area contributed by atoms with Crippen LogP contribution in [0.4, 0.5) is 4.79 Å². The maximum atomic E-state index is 12.7. The van der Waals surface area contributed by atoms with Crippen LogP contribution in [0.3, 0.4) is 0 Å². The summed E-state index contributed by atoms with van der Waals surface area (Å²) in [6.45, 7) is 18.2. The highest BCUT2D eigenvalue weighted by Gasteiger charge is 2.55. The minimum Gasteiger partial charge on any atom is -0.443 e. The molecular formula is C19H37NO4Si. The Morgan fingerprint density at radius 1 is 1.04 bits per heavy atom. The number of imide groups is 1. The fraction of sp³-hybridized carbons (Fsp3) is 0.895. The molecule has 1 aliphatic rings. The number of carbonyl (C=O) groups is 2. The van der Waals surface area contributed by atoms with E-state index in [0.717, 1.165) is 18.1 Å². The number of carbonyl (C=O) groups excluding carboxylic acids is 2. The van der Waals surface area contributed by atoms with Crippen LogP contribution in [0.1, 0.15) is 68.7 Å². The summed E-state index contributed by atoms with van der Waals surface area (Å²) in [5.74, 6) is -0.240. The van der Waals surface area contributed by atoms with Gasteiger partial charge in [0.05, 0.1) is 6.04 Å². The number of hydrogen-bond donors (Lipinski definition) is 0. The summed E-state index contributed by atoms with van der Waals surface area (Å²) >= 11 is 0. The van der Waals surface area contributed by atoms with Crippen molar-refractivity contribution in [3.63, 3.8) is 0 Å². The minimum absolute atomic E-state index is 0.0118. The van der Waals surface area contributed by atoms with Crippen LogP contribution >= 0.6 is 0 Å². The second-order valence-corrected chi connectivity index (χ2v) is 14.0. The smallest absolute Gasteiger partial charge is 0.417 e. The highest BCUT2D eigenvalue weighted by atomic mass is 28.4. The van der Waals surface area contributed by atoms with Crippen molar-refractivity contribution in [1.82, 2.24) is 4.90 Å². The van der Waals surface area contributed by atoms with Crippen molar-refractivity contribution in [3.8, 4) is 0 Å². The molecular weight excluding hydrogens is 334 g/mol. The maximum Gasteiger partial charge on any atom is 0.417 e. The second kappa shape index (κ2) is 7.78. The highest BCUT2D eigenvalue weighted by molar-refractivity contribution is 6.73. The Balaban J connectivity index is 3.03. The Morgan fingerprint density at radius 2 is 1.52 bits per heavy atom. The summed E-state index contributed by atoms with van der Waals surface area (Å²) in [6.07, 6.45) is -0.341. The number of hydrogen-bond acceptors (Lipinski definition) is 4. The van der Waals surface area contributed by atoms with Gasteiger partial charge in [0.1, 0.15) is 11.7 Å². The molecule has 25 heavy (non-hydrogen) atoms. The monoisotopic (exact) mass is 371 g/mol. The maximum absolute atomic E-state index is 12.7. The molecule has 5 nitrogen and oxygen atoms in total. The average molecular weight is 372 g/mol. The van der Waals surface area contributed by atoms with Gasteiger partial charge in [-0.2, -0.15) is 0 Å². The number of nitrogens with zero attached hydrogens (tertiary/aromatic N) is 1. The molecule has 1 rings (SSSR count). The van der Waals surface area contributed by atoms with E-state index in [1.165, 1.54) is 4.90 Å². The SMILES string of the molecule is CC[Si](CC)(CC)O[C@H]1C(=O)N(C(=O)OC(C)(C)C)[C@H]1CC(C)(C)C. The van der Waals surface area contributed by atoms with Crippen LogP contribution in [0.25, 0.3) is 0 Å². The molecule has 146 valence electrons. The van der Waals surface area contributed by atoms with Crippen molar-refractivity contribution in [1.29, 1.82) is 0 Å². The van der Waals surface area contributed by atoms with Crippen molar-refractivity contribution in [2.45, 2.75) is 105 Å².